The smallest absolute Gasteiger partial charge is 0.132 e. The highest BCUT2D eigenvalue weighted by atomic mass is 19.1. The lowest BCUT2D eigenvalue weighted by Crippen LogP contribution is -2.09. The largest absolute Gasteiger partial charge is 0.488 e. The summed E-state index contributed by atoms with van der Waals surface area (Å²) in [5.41, 5.74) is 7.68. The maximum atomic E-state index is 13.5. The molecule has 2 aromatic carbocycles. The molecule has 0 aromatic heterocycles. The molecular formula is C16H17F2NO. The normalized spacial score (nSPS) is 12.2. The summed E-state index contributed by atoms with van der Waals surface area (Å²) in [5.74, 6) is -0.674. The zero-order chi connectivity index (χ0) is 14.7. The van der Waals surface area contributed by atoms with Crippen molar-refractivity contribution < 1.29 is 13.5 Å². The van der Waals surface area contributed by atoms with E-state index in [-0.39, 0.29) is 18.2 Å². The van der Waals surface area contributed by atoms with E-state index in [0.29, 0.717) is 5.75 Å². The van der Waals surface area contributed by atoms with Crippen molar-refractivity contribution >= 4 is 0 Å². The Balaban J connectivity index is 2.23. The molecule has 0 heterocycles. The van der Waals surface area contributed by atoms with Crippen molar-refractivity contribution in [3.8, 4) is 5.75 Å². The van der Waals surface area contributed by atoms with Crippen molar-refractivity contribution in [2.75, 3.05) is 0 Å². The van der Waals surface area contributed by atoms with Crippen LogP contribution in [-0.4, -0.2) is 0 Å². The summed E-state index contributed by atoms with van der Waals surface area (Å²) in [6, 6.07) is 9.10. The molecule has 4 heteroatoms. The van der Waals surface area contributed by atoms with Crippen molar-refractivity contribution in [2.24, 2.45) is 5.73 Å². The van der Waals surface area contributed by atoms with Crippen LogP contribution in [0.3, 0.4) is 0 Å². The minimum absolute atomic E-state index is 0.0799. The summed E-state index contributed by atoms with van der Waals surface area (Å²) in [5, 5.41) is 0. The highest BCUT2D eigenvalue weighted by Crippen LogP contribution is 2.26. The average Bonchev–Trinajstić information content (AvgIpc) is 2.39. The van der Waals surface area contributed by atoms with Gasteiger partial charge >= 0.3 is 0 Å². The van der Waals surface area contributed by atoms with Crippen LogP contribution in [0.4, 0.5) is 8.78 Å². The first-order valence-corrected chi connectivity index (χ1v) is 6.41. The predicted molar refractivity (Wildman–Crippen MR) is 74.5 cm³/mol. The van der Waals surface area contributed by atoms with Gasteiger partial charge in [-0.1, -0.05) is 23.8 Å². The molecule has 0 aliphatic rings. The molecule has 0 aliphatic carbocycles. The van der Waals surface area contributed by atoms with Gasteiger partial charge in [0.05, 0.1) is 5.56 Å². The molecule has 0 radical (unpaired) electrons. The second-order valence-corrected chi connectivity index (χ2v) is 4.82. The molecule has 1 atom stereocenters. The number of halogens is 2. The van der Waals surface area contributed by atoms with E-state index in [2.05, 4.69) is 0 Å². The minimum atomic E-state index is -0.612. The number of benzene rings is 2. The predicted octanol–water partition coefficient (Wildman–Crippen LogP) is 3.87. The zero-order valence-electron chi connectivity index (χ0n) is 11.5. The van der Waals surface area contributed by atoms with Crippen LogP contribution in [0.2, 0.25) is 0 Å². The van der Waals surface area contributed by atoms with Crippen molar-refractivity contribution in [3.05, 3.63) is 64.7 Å². The van der Waals surface area contributed by atoms with Crippen LogP contribution < -0.4 is 10.5 Å². The Kier molecular flexibility index (Phi) is 4.35. The second kappa shape index (κ2) is 6.01. The lowest BCUT2D eigenvalue weighted by Gasteiger charge is -2.15. The fraction of sp³-hybridized carbons (Fsp3) is 0.250. The number of ether oxygens (including phenoxy) is 1. The number of hydrogen-bond acceptors (Lipinski definition) is 2. The Hall–Kier alpha value is -1.94. The van der Waals surface area contributed by atoms with Crippen LogP contribution in [0.25, 0.3) is 0 Å². The molecule has 0 aliphatic heterocycles. The molecule has 2 N–H and O–H groups in total. The van der Waals surface area contributed by atoms with E-state index < -0.39 is 11.6 Å². The van der Waals surface area contributed by atoms with Crippen LogP contribution in [-0.2, 0) is 6.61 Å². The third kappa shape index (κ3) is 3.14. The van der Waals surface area contributed by atoms with E-state index in [1.165, 1.54) is 18.2 Å². The first-order valence-electron chi connectivity index (χ1n) is 6.41. The van der Waals surface area contributed by atoms with Crippen molar-refractivity contribution in [1.29, 1.82) is 0 Å². The molecule has 2 nitrogen and oxygen atoms in total. The van der Waals surface area contributed by atoms with Crippen molar-refractivity contribution in [3.63, 3.8) is 0 Å². The molecule has 0 saturated heterocycles. The zero-order valence-corrected chi connectivity index (χ0v) is 11.5. The number of aryl methyl sites for hydroxylation is 1. The lowest BCUT2D eigenvalue weighted by atomic mass is 10.1. The van der Waals surface area contributed by atoms with Gasteiger partial charge in [0, 0.05) is 11.6 Å². The summed E-state index contributed by atoms with van der Waals surface area (Å²) >= 11 is 0. The van der Waals surface area contributed by atoms with E-state index >= 15 is 0 Å². The van der Waals surface area contributed by atoms with Gasteiger partial charge in [-0.05, 0) is 32.0 Å². The molecule has 20 heavy (non-hydrogen) atoms. The van der Waals surface area contributed by atoms with Crippen LogP contribution >= 0.6 is 0 Å². The third-order valence-corrected chi connectivity index (χ3v) is 3.09. The van der Waals surface area contributed by atoms with E-state index in [4.69, 9.17) is 10.5 Å². The van der Waals surface area contributed by atoms with E-state index in [1.54, 1.807) is 6.07 Å². The number of hydrogen-bond donors (Lipinski definition) is 1. The standard InChI is InChI=1S/C16H17F2NO/c1-10-6-7-16(12(8-10)11(2)19)20-9-13-14(17)4-3-5-15(13)18/h3-8,11H,9,19H2,1-2H3/t11-/m0/s1. The Morgan fingerprint density at radius 1 is 1.15 bits per heavy atom. The van der Waals surface area contributed by atoms with Gasteiger partial charge in [0.2, 0.25) is 0 Å². The molecule has 0 spiro atoms. The molecule has 0 fully saturated rings. The van der Waals surface area contributed by atoms with Crippen LogP contribution in [0.1, 0.15) is 29.7 Å². The van der Waals surface area contributed by atoms with Gasteiger partial charge in [0.25, 0.3) is 0 Å². The molecule has 2 rings (SSSR count). The van der Waals surface area contributed by atoms with E-state index in [9.17, 15) is 8.78 Å². The Morgan fingerprint density at radius 3 is 2.40 bits per heavy atom. The summed E-state index contributed by atoms with van der Waals surface area (Å²) in [4.78, 5) is 0. The summed E-state index contributed by atoms with van der Waals surface area (Å²) < 4.78 is 32.6. The first kappa shape index (κ1) is 14.5. The van der Waals surface area contributed by atoms with Crippen LogP contribution in [0, 0.1) is 18.6 Å². The van der Waals surface area contributed by atoms with Crippen molar-refractivity contribution in [2.45, 2.75) is 26.5 Å². The van der Waals surface area contributed by atoms with E-state index in [1.807, 2.05) is 26.0 Å². The van der Waals surface area contributed by atoms with Gasteiger partial charge in [-0.2, -0.15) is 0 Å². The van der Waals surface area contributed by atoms with E-state index in [0.717, 1.165) is 11.1 Å². The van der Waals surface area contributed by atoms with Gasteiger partial charge in [0.15, 0.2) is 0 Å². The maximum Gasteiger partial charge on any atom is 0.132 e. The summed E-state index contributed by atoms with van der Waals surface area (Å²) in [7, 11) is 0. The molecule has 0 amide bonds. The van der Waals surface area contributed by atoms with Crippen LogP contribution in [0.5, 0.6) is 5.75 Å². The quantitative estimate of drug-likeness (QED) is 0.920. The average molecular weight is 277 g/mol. The topological polar surface area (TPSA) is 35.2 Å². The van der Waals surface area contributed by atoms with Gasteiger partial charge in [-0.3, -0.25) is 0 Å². The number of nitrogens with two attached hydrogens (primary N) is 1. The fourth-order valence-corrected chi connectivity index (χ4v) is 1.98. The maximum absolute atomic E-state index is 13.5. The molecular weight excluding hydrogens is 260 g/mol. The first-order chi connectivity index (χ1) is 9.49. The Morgan fingerprint density at radius 2 is 1.80 bits per heavy atom. The van der Waals surface area contributed by atoms with Crippen molar-refractivity contribution in [1.82, 2.24) is 0 Å². The van der Waals surface area contributed by atoms with Gasteiger partial charge in [0.1, 0.15) is 24.0 Å². The molecule has 0 unspecified atom stereocenters. The second-order valence-electron chi connectivity index (χ2n) is 4.82. The lowest BCUT2D eigenvalue weighted by molar-refractivity contribution is 0.288. The van der Waals surface area contributed by atoms with Gasteiger partial charge in [-0.15, -0.1) is 0 Å². The Labute approximate surface area is 117 Å². The highest BCUT2D eigenvalue weighted by molar-refractivity contribution is 5.39. The number of rotatable bonds is 4. The molecule has 0 bridgehead atoms. The Bertz CT molecular complexity index is 591. The molecule has 2 aromatic rings. The fourth-order valence-electron chi connectivity index (χ4n) is 1.98. The third-order valence-electron chi connectivity index (χ3n) is 3.09. The molecule has 0 saturated carbocycles. The summed E-state index contributed by atoms with van der Waals surface area (Å²) in [6.45, 7) is 3.62. The highest BCUT2D eigenvalue weighted by Gasteiger charge is 2.12. The molecule has 106 valence electrons. The minimum Gasteiger partial charge on any atom is -0.488 e. The van der Waals surface area contributed by atoms with Gasteiger partial charge < -0.3 is 10.5 Å². The monoisotopic (exact) mass is 277 g/mol. The van der Waals surface area contributed by atoms with Crippen LogP contribution in [0.15, 0.2) is 36.4 Å². The van der Waals surface area contributed by atoms with Gasteiger partial charge in [-0.25, -0.2) is 8.78 Å². The summed E-state index contributed by atoms with van der Waals surface area (Å²) in [6.07, 6.45) is 0. The SMILES string of the molecule is Cc1ccc(OCc2c(F)cccc2F)c([C@H](C)N)c1.